The summed E-state index contributed by atoms with van der Waals surface area (Å²) in [6.45, 7) is 6.48. The van der Waals surface area contributed by atoms with Crippen LogP contribution in [0.15, 0.2) is 111 Å². The minimum atomic E-state index is -3.71. The van der Waals surface area contributed by atoms with Crippen molar-refractivity contribution in [3.05, 3.63) is 118 Å². The Morgan fingerprint density at radius 3 is 2.44 bits per heavy atom. The first-order valence-corrected chi connectivity index (χ1v) is 16.2. The van der Waals surface area contributed by atoms with Crippen molar-refractivity contribution in [1.29, 1.82) is 0 Å². The number of nitrogens with one attached hydrogen (secondary N) is 3. The van der Waals surface area contributed by atoms with E-state index in [0.29, 0.717) is 31.6 Å². The molecule has 1 atom stereocenters. The highest BCUT2D eigenvalue weighted by molar-refractivity contribution is 7.93. The van der Waals surface area contributed by atoms with Crippen LogP contribution in [-0.2, 0) is 28.8 Å². The van der Waals surface area contributed by atoms with Crippen LogP contribution in [-0.4, -0.2) is 27.6 Å². The maximum atomic E-state index is 13.4. The monoisotopic (exact) mass is 629 g/mol. The van der Waals surface area contributed by atoms with Gasteiger partial charge in [-0.1, -0.05) is 96.8 Å². The van der Waals surface area contributed by atoms with Gasteiger partial charge in [0, 0.05) is 43.4 Å². The molecule has 232 valence electrons. The van der Waals surface area contributed by atoms with E-state index in [1.54, 1.807) is 37.7 Å². The Labute approximate surface area is 257 Å². The van der Waals surface area contributed by atoms with Crippen LogP contribution in [0.4, 0.5) is 8.78 Å². The molecule has 7 nitrogen and oxygen atoms in total. The maximum absolute atomic E-state index is 13.4. The molecule has 0 bridgehead atoms. The fourth-order valence-corrected chi connectivity index (χ4v) is 4.99. The van der Waals surface area contributed by atoms with Gasteiger partial charge >= 0.3 is 0 Å². The number of alkyl halides is 2. The normalized spacial score (nSPS) is 16.3. The molecule has 2 aromatic rings. The zero-order chi connectivity index (χ0) is 31.7. The van der Waals surface area contributed by atoms with Crippen molar-refractivity contribution in [2.45, 2.75) is 58.8 Å². The zero-order valence-electron chi connectivity index (χ0n) is 25.1. The van der Waals surface area contributed by atoms with Crippen molar-refractivity contribution in [2.75, 3.05) is 7.05 Å². The summed E-state index contributed by atoms with van der Waals surface area (Å²) in [5.74, 6) is 0.609. The third kappa shape index (κ3) is 12.7. The highest BCUT2D eigenvalue weighted by atomic mass is 32.2. The van der Waals surface area contributed by atoms with Crippen molar-refractivity contribution in [3.8, 4) is 0 Å². The molecule has 0 aliphatic carbocycles. The number of amidine groups is 1. The van der Waals surface area contributed by atoms with E-state index in [0.717, 1.165) is 22.5 Å². The standard InChI is InChI=1S/C30H36F2N5O2PS.C2H6/c1-3-4-10-28(41(38,39)37-21-23-8-6-5-7-9-23)18-17-26(33-2)15-16-27-19-29(36-22-35-27)34-20-24-11-13-25(14-12-24)30(31,32)40;1-2/h4-16,18,22,33,37H,3,17,19-21,40H2,1-2H3,(H,34,35,36);1-2H3/b10-4-,26-15-,27-16+,28-18+;. The molecule has 0 fully saturated rings. The van der Waals surface area contributed by atoms with Gasteiger partial charge in [0.2, 0.25) is 10.0 Å². The van der Waals surface area contributed by atoms with E-state index in [1.807, 2.05) is 69.3 Å². The number of benzene rings is 2. The average Bonchev–Trinajstić information content (AvgIpc) is 3.02. The van der Waals surface area contributed by atoms with Crippen molar-refractivity contribution in [2.24, 2.45) is 9.98 Å². The number of rotatable bonds is 13. The van der Waals surface area contributed by atoms with E-state index in [9.17, 15) is 17.2 Å². The molecule has 2 aromatic carbocycles. The summed E-state index contributed by atoms with van der Waals surface area (Å²) < 4.78 is 55.5. The SMILES string of the molecule is CC.CC/C=C\C(=C/C/C(=C/C=C1\CC(=NCc2ccc(C(F)(F)P)cc2)N=CN1)NC)S(=O)(=O)NCc1ccccc1. The Kier molecular flexibility index (Phi) is 15.2. The van der Waals surface area contributed by atoms with Crippen molar-refractivity contribution in [3.63, 3.8) is 0 Å². The molecule has 0 amide bonds. The molecule has 0 radical (unpaired) electrons. The molecule has 3 rings (SSSR count). The average molecular weight is 630 g/mol. The predicted octanol–water partition coefficient (Wildman–Crippen LogP) is 6.90. The number of sulfonamides is 1. The van der Waals surface area contributed by atoms with Crippen molar-refractivity contribution >= 4 is 31.4 Å². The lowest BCUT2D eigenvalue weighted by Gasteiger charge is -2.13. The first-order valence-electron chi connectivity index (χ1n) is 14.2. The Balaban J connectivity index is 0.00000316. The van der Waals surface area contributed by atoms with Crippen LogP contribution in [0.25, 0.3) is 0 Å². The third-order valence-electron chi connectivity index (χ3n) is 6.06. The smallest absolute Gasteiger partial charge is 0.283 e. The second-order valence-electron chi connectivity index (χ2n) is 9.20. The lowest BCUT2D eigenvalue weighted by Crippen LogP contribution is -2.24. The Bertz CT molecular complexity index is 1440. The number of allylic oxidation sites excluding steroid dienone is 5. The Hall–Kier alpha value is -3.46. The van der Waals surface area contributed by atoms with Crippen molar-refractivity contribution in [1.82, 2.24) is 15.4 Å². The van der Waals surface area contributed by atoms with Gasteiger partial charge in [-0.3, -0.25) is 4.99 Å². The van der Waals surface area contributed by atoms with Gasteiger partial charge in [-0.2, -0.15) is 8.78 Å². The largest absolute Gasteiger partial charge is 0.391 e. The number of aliphatic imine (C=N–C) groups is 2. The number of hydrogen-bond acceptors (Lipinski definition) is 5. The molecular formula is C32H42F2N5O2PS. The third-order valence-corrected chi connectivity index (χ3v) is 7.84. The summed E-state index contributed by atoms with van der Waals surface area (Å²) in [4.78, 5) is 9.00. The molecule has 11 heteroatoms. The Morgan fingerprint density at radius 2 is 1.81 bits per heavy atom. The van der Waals surface area contributed by atoms with Crippen LogP contribution >= 0.6 is 9.24 Å². The number of hydrogen-bond donors (Lipinski definition) is 3. The fraction of sp³-hybridized carbons (Fsp3) is 0.312. The highest BCUT2D eigenvalue weighted by Gasteiger charge is 2.23. The quantitative estimate of drug-likeness (QED) is 0.166. The summed E-state index contributed by atoms with van der Waals surface area (Å²) in [6, 6.07) is 15.4. The molecule has 1 aliphatic heterocycles. The molecule has 3 N–H and O–H groups in total. The number of nitrogens with zero attached hydrogens (tertiary/aromatic N) is 2. The summed E-state index contributed by atoms with van der Waals surface area (Å²) in [6.07, 6.45) is 12.0. The van der Waals surface area contributed by atoms with Crippen LogP contribution in [0, 0.1) is 0 Å². The summed E-state index contributed by atoms with van der Waals surface area (Å²) in [5, 5.41) is 6.22. The molecule has 43 heavy (non-hydrogen) atoms. The molecule has 1 aliphatic rings. The lowest BCUT2D eigenvalue weighted by atomic mass is 10.1. The highest BCUT2D eigenvalue weighted by Crippen LogP contribution is 2.34. The van der Waals surface area contributed by atoms with Crippen LogP contribution in [0.1, 0.15) is 56.7 Å². The zero-order valence-corrected chi connectivity index (χ0v) is 27.1. The van der Waals surface area contributed by atoms with Crippen molar-refractivity contribution < 1.29 is 17.2 Å². The molecule has 0 saturated carbocycles. The first-order chi connectivity index (χ1) is 20.6. The Morgan fingerprint density at radius 1 is 1.12 bits per heavy atom. The molecule has 0 saturated heterocycles. The lowest BCUT2D eigenvalue weighted by molar-refractivity contribution is 0.104. The maximum Gasteiger partial charge on any atom is 0.283 e. The first kappa shape index (κ1) is 35.7. The van der Waals surface area contributed by atoms with Gasteiger partial charge in [-0.25, -0.2) is 18.1 Å². The molecular weight excluding hydrogens is 587 g/mol. The van der Waals surface area contributed by atoms with E-state index >= 15 is 0 Å². The van der Waals surface area contributed by atoms with Crippen LogP contribution in [0.2, 0.25) is 0 Å². The van der Waals surface area contributed by atoms with E-state index in [1.165, 1.54) is 21.4 Å². The van der Waals surface area contributed by atoms with Gasteiger partial charge in [0.05, 0.1) is 17.8 Å². The summed E-state index contributed by atoms with van der Waals surface area (Å²) in [5.41, 5.74) is 0.325. The molecule has 1 heterocycles. The van der Waals surface area contributed by atoms with Gasteiger partial charge in [-0.05, 0) is 35.8 Å². The fourth-order valence-electron chi connectivity index (χ4n) is 3.70. The minimum Gasteiger partial charge on any atom is -0.391 e. The van der Waals surface area contributed by atoms with Gasteiger partial charge in [-0.15, -0.1) is 0 Å². The van der Waals surface area contributed by atoms with Gasteiger partial charge < -0.3 is 10.6 Å². The minimum absolute atomic E-state index is 0.0690. The van der Waals surface area contributed by atoms with E-state index in [-0.39, 0.29) is 17.0 Å². The second kappa shape index (κ2) is 18.3. The van der Waals surface area contributed by atoms with E-state index < -0.39 is 15.7 Å². The summed E-state index contributed by atoms with van der Waals surface area (Å²) >= 11 is 0. The predicted molar refractivity (Wildman–Crippen MR) is 178 cm³/mol. The van der Waals surface area contributed by atoms with Crippen LogP contribution in [0.5, 0.6) is 0 Å². The number of halogens is 2. The molecule has 0 aromatic heterocycles. The molecule has 1 unspecified atom stereocenters. The van der Waals surface area contributed by atoms with Crippen LogP contribution in [0.3, 0.4) is 0 Å². The van der Waals surface area contributed by atoms with Gasteiger partial charge in [0.1, 0.15) is 5.84 Å². The summed E-state index contributed by atoms with van der Waals surface area (Å²) in [7, 11) is -0.393. The van der Waals surface area contributed by atoms with Gasteiger partial charge in [0.25, 0.3) is 5.66 Å². The topological polar surface area (TPSA) is 94.9 Å². The molecule has 0 spiro atoms. The van der Waals surface area contributed by atoms with Crippen LogP contribution < -0.4 is 15.4 Å². The second-order valence-corrected chi connectivity index (χ2v) is 11.7. The van der Waals surface area contributed by atoms with E-state index in [4.69, 9.17) is 0 Å². The van der Waals surface area contributed by atoms with Gasteiger partial charge in [0.15, 0.2) is 0 Å². The van der Waals surface area contributed by atoms with E-state index in [2.05, 4.69) is 25.3 Å².